The molecule has 0 saturated carbocycles. The molecule has 1 fully saturated rings. The molecule has 0 bridgehead atoms. The van der Waals surface area contributed by atoms with Gasteiger partial charge >= 0.3 is 0 Å². The first-order valence-electron chi connectivity index (χ1n) is 6.72. The number of benzene rings is 1. The average molecular weight is 285 g/mol. The van der Waals surface area contributed by atoms with Crippen molar-refractivity contribution in [3.8, 4) is 0 Å². The molecule has 4 nitrogen and oxygen atoms in total. The molecule has 1 aromatic rings. The van der Waals surface area contributed by atoms with Crippen molar-refractivity contribution in [1.29, 1.82) is 0 Å². The summed E-state index contributed by atoms with van der Waals surface area (Å²) in [5.41, 5.74) is 1.87. The van der Waals surface area contributed by atoms with Crippen LogP contribution in [0.15, 0.2) is 18.2 Å². The molecular weight excluding hydrogens is 264 g/mol. The lowest BCUT2D eigenvalue weighted by Gasteiger charge is -2.24. The van der Waals surface area contributed by atoms with Crippen molar-refractivity contribution in [3.05, 3.63) is 28.8 Å². The molecule has 106 valence electrons. The Bertz CT molecular complexity index is 414. The fourth-order valence-corrected chi connectivity index (χ4v) is 2.69. The molecule has 0 atom stereocenters. The van der Waals surface area contributed by atoms with Crippen LogP contribution in [0, 0.1) is 0 Å². The fourth-order valence-electron chi connectivity index (χ4n) is 2.46. The molecule has 1 aliphatic rings. The van der Waals surface area contributed by atoms with Gasteiger partial charge in [-0.3, -0.25) is 4.90 Å². The van der Waals surface area contributed by atoms with Crippen LogP contribution in [0.2, 0.25) is 5.02 Å². The van der Waals surface area contributed by atoms with Gasteiger partial charge in [-0.25, -0.2) is 0 Å². The van der Waals surface area contributed by atoms with Gasteiger partial charge in [-0.05, 0) is 30.7 Å². The monoisotopic (exact) mass is 284 g/mol. The summed E-state index contributed by atoms with van der Waals surface area (Å²) in [6, 6.07) is 5.82. The molecule has 1 aromatic carbocycles. The number of β-amino-alcohol motifs (C(OH)–C–C–N with tert-alkyl or cyclic N) is 1. The summed E-state index contributed by atoms with van der Waals surface area (Å²) in [6.07, 6.45) is 1.08. The summed E-state index contributed by atoms with van der Waals surface area (Å²) in [4.78, 5) is 4.59. The van der Waals surface area contributed by atoms with E-state index in [-0.39, 0.29) is 13.2 Å². The lowest BCUT2D eigenvalue weighted by Crippen LogP contribution is -2.32. The number of aliphatic hydroxyl groups excluding tert-OH is 2. The second-order valence-electron chi connectivity index (χ2n) is 4.84. The van der Waals surface area contributed by atoms with Crippen molar-refractivity contribution in [1.82, 2.24) is 4.90 Å². The lowest BCUT2D eigenvalue weighted by molar-refractivity contribution is 0.204. The summed E-state index contributed by atoms with van der Waals surface area (Å²) in [5, 5.41) is 18.7. The van der Waals surface area contributed by atoms with Crippen molar-refractivity contribution in [3.63, 3.8) is 0 Å². The number of aliphatic hydroxyl groups is 2. The van der Waals surface area contributed by atoms with E-state index < -0.39 is 0 Å². The van der Waals surface area contributed by atoms with E-state index in [1.807, 2.05) is 18.2 Å². The number of nitrogens with zero attached hydrogens (tertiary/aromatic N) is 2. The Morgan fingerprint density at radius 1 is 1.11 bits per heavy atom. The molecular formula is C14H21ClN2O2. The highest BCUT2D eigenvalue weighted by molar-refractivity contribution is 6.31. The van der Waals surface area contributed by atoms with Crippen molar-refractivity contribution >= 4 is 17.3 Å². The van der Waals surface area contributed by atoms with Crippen LogP contribution in [0.25, 0.3) is 0 Å². The van der Waals surface area contributed by atoms with E-state index in [4.69, 9.17) is 21.8 Å². The minimum absolute atomic E-state index is 0.0244. The highest BCUT2D eigenvalue weighted by Crippen LogP contribution is 2.24. The van der Waals surface area contributed by atoms with Gasteiger partial charge in [0.15, 0.2) is 0 Å². The molecule has 0 aromatic heterocycles. The average Bonchev–Trinajstić information content (AvgIpc) is 2.65. The minimum atomic E-state index is -0.0244. The fraction of sp³-hybridized carbons (Fsp3) is 0.571. The van der Waals surface area contributed by atoms with Crippen LogP contribution in [0.5, 0.6) is 0 Å². The first kappa shape index (κ1) is 14.6. The van der Waals surface area contributed by atoms with E-state index in [1.165, 1.54) is 0 Å². The Labute approximate surface area is 119 Å². The molecule has 2 rings (SSSR count). The molecule has 1 aliphatic heterocycles. The molecule has 0 unspecified atom stereocenters. The summed E-state index contributed by atoms with van der Waals surface area (Å²) in [5.74, 6) is 0. The Hall–Kier alpha value is -0.810. The SMILES string of the molecule is OCCN1CCCN(c2ccc(CO)c(Cl)c2)CC1. The molecule has 0 amide bonds. The third-order valence-electron chi connectivity index (χ3n) is 3.58. The van der Waals surface area contributed by atoms with Gasteiger partial charge in [-0.1, -0.05) is 17.7 Å². The molecule has 0 spiro atoms. The van der Waals surface area contributed by atoms with Gasteiger partial charge in [-0.15, -0.1) is 0 Å². The van der Waals surface area contributed by atoms with Crippen LogP contribution in [0.4, 0.5) is 5.69 Å². The van der Waals surface area contributed by atoms with Gasteiger partial charge in [0.1, 0.15) is 0 Å². The van der Waals surface area contributed by atoms with Crippen LogP contribution in [0.1, 0.15) is 12.0 Å². The zero-order chi connectivity index (χ0) is 13.7. The minimum Gasteiger partial charge on any atom is -0.395 e. The van der Waals surface area contributed by atoms with Gasteiger partial charge in [0.2, 0.25) is 0 Å². The maximum absolute atomic E-state index is 9.13. The molecule has 5 heteroatoms. The summed E-state index contributed by atoms with van der Waals surface area (Å²) < 4.78 is 0. The van der Waals surface area contributed by atoms with Gasteiger partial charge in [-0.2, -0.15) is 0 Å². The van der Waals surface area contributed by atoms with E-state index in [1.54, 1.807) is 0 Å². The highest BCUT2D eigenvalue weighted by atomic mass is 35.5. The Balaban J connectivity index is 2.03. The number of hydrogen-bond acceptors (Lipinski definition) is 4. The quantitative estimate of drug-likeness (QED) is 0.876. The normalized spacial score (nSPS) is 17.5. The number of anilines is 1. The third kappa shape index (κ3) is 3.83. The van der Waals surface area contributed by atoms with Gasteiger partial charge in [0.25, 0.3) is 0 Å². The Morgan fingerprint density at radius 2 is 1.95 bits per heavy atom. The molecule has 1 heterocycles. The standard InChI is InChI=1S/C14H21ClN2O2/c15-14-10-13(3-2-12(14)11-19)17-5-1-4-16(6-7-17)8-9-18/h2-3,10,18-19H,1,4-9,11H2. The third-order valence-corrected chi connectivity index (χ3v) is 3.93. The maximum atomic E-state index is 9.13. The van der Waals surface area contributed by atoms with E-state index in [0.29, 0.717) is 5.02 Å². The van der Waals surface area contributed by atoms with E-state index in [2.05, 4.69) is 9.80 Å². The van der Waals surface area contributed by atoms with Crippen LogP contribution >= 0.6 is 11.6 Å². The topological polar surface area (TPSA) is 46.9 Å². The smallest absolute Gasteiger partial charge is 0.0696 e. The van der Waals surface area contributed by atoms with E-state index >= 15 is 0 Å². The van der Waals surface area contributed by atoms with Crippen molar-refractivity contribution in [2.45, 2.75) is 13.0 Å². The molecule has 0 radical (unpaired) electrons. The maximum Gasteiger partial charge on any atom is 0.0696 e. The molecule has 0 aliphatic carbocycles. The number of hydrogen-bond donors (Lipinski definition) is 2. The first-order chi connectivity index (χ1) is 9.24. The van der Waals surface area contributed by atoms with Gasteiger partial charge < -0.3 is 15.1 Å². The van der Waals surface area contributed by atoms with Crippen molar-refractivity contribution < 1.29 is 10.2 Å². The first-order valence-corrected chi connectivity index (χ1v) is 7.10. The zero-order valence-corrected chi connectivity index (χ0v) is 11.8. The van der Waals surface area contributed by atoms with Gasteiger partial charge in [0.05, 0.1) is 13.2 Å². The van der Waals surface area contributed by atoms with Crippen LogP contribution in [0.3, 0.4) is 0 Å². The molecule has 1 saturated heterocycles. The molecule has 2 N–H and O–H groups in total. The van der Waals surface area contributed by atoms with Crippen LogP contribution < -0.4 is 4.90 Å². The van der Waals surface area contributed by atoms with Crippen LogP contribution in [-0.2, 0) is 6.61 Å². The van der Waals surface area contributed by atoms with E-state index in [9.17, 15) is 0 Å². The Morgan fingerprint density at radius 3 is 2.63 bits per heavy atom. The van der Waals surface area contributed by atoms with Crippen molar-refractivity contribution in [2.75, 3.05) is 44.2 Å². The second-order valence-corrected chi connectivity index (χ2v) is 5.25. The Kier molecular flexibility index (Phi) is 5.45. The summed E-state index contributed by atoms with van der Waals surface area (Å²) in [6.45, 7) is 4.86. The summed E-state index contributed by atoms with van der Waals surface area (Å²) >= 11 is 6.14. The largest absolute Gasteiger partial charge is 0.395 e. The zero-order valence-electron chi connectivity index (χ0n) is 11.1. The van der Waals surface area contributed by atoms with Crippen LogP contribution in [-0.4, -0.2) is 54.4 Å². The number of rotatable bonds is 4. The number of halogens is 1. The predicted octanol–water partition coefficient (Wildman–Crippen LogP) is 1.34. The van der Waals surface area contributed by atoms with Gasteiger partial charge in [0, 0.05) is 36.9 Å². The van der Waals surface area contributed by atoms with Crippen molar-refractivity contribution in [2.24, 2.45) is 0 Å². The second kappa shape index (κ2) is 7.10. The molecule has 19 heavy (non-hydrogen) atoms. The highest BCUT2D eigenvalue weighted by Gasteiger charge is 2.15. The van der Waals surface area contributed by atoms with E-state index in [0.717, 1.165) is 50.4 Å². The summed E-state index contributed by atoms with van der Waals surface area (Å²) in [7, 11) is 0. The predicted molar refractivity (Wildman–Crippen MR) is 77.7 cm³/mol. The lowest BCUT2D eigenvalue weighted by atomic mass is 10.2.